The van der Waals surface area contributed by atoms with Gasteiger partial charge in [-0.05, 0) is 32.0 Å². The Kier molecular flexibility index (Phi) is 3.37. The van der Waals surface area contributed by atoms with E-state index in [-0.39, 0.29) is 17.3 Å². The van der Waals surface area contributed by atoms with Crippen LogP contribution in [-0.4, -0.2) is 26.3 Å². The number of carbonyl (C=O) groups is 1. The quantitative estimate of drug-likeness (QED) is 0.912. The first-order valence-corrected chi connectivity index (χ1v) is 5.36. The molecule has 0 bridgehead atoms. The monoisotopic (exact) mass is 263 g/mol. The van der Waals surface area contributed by atoms with Gasteiger partial charge in [-0.25, -0.2) is 9.18 Å². The molecule has 0 fully saturated rings. The van der Waals surface area contributed by atoms with Gasteiger partial charge in [0.05, 0.1) is 11.4 Å². The summed E-state index contributed by atoms with van der Waals surface area (Å²) in [6.45, 7) is 3.46. The number of aryl methyl sites for hydroxylation is 2. The van der Waals surface area contributed by atoms with Crippen LogP contribution in [0, 0.1) is 19.7 Å². The molecule has 1 heterocycles. The van der Waals surface area contributed by atoms with E-state index in [0.29, 0.717) is 11.4 Å². The third-order valence-corrected chi connectivity index (χ3v) is 2.45. The summed E-state index contributed by atoms with van der Waals surface area (Å²) < 4.78 is 18.2. The number of carboxylic acids is 1. The van der Waals surface area contributed by atoms with Crippen LogP contribution < -0.4 is 4.74 Å². The molecule has 0 amide bonds. The van der Waals surface area contributed by atoms with Gasteiger partial charge in [0.2, 0.25) is 0 Å². The molecule has 7 heteroatoms. The predicted molar refractivity (Wildman–Crippen MR) is 62.7 cm³/mol. The Morgan fingerprint density at radius 1 is 1.26 bits per heavy atom. The normalized spacial score (nSPS) is 10.3. The van der Waals surface area contributed by atoms with Crippen molar-refractivity contribution >= 4 is 5.97 Å². The molecule has 2 aromatic rings. The Morgan fingerprint density at radius 3 is 2.63 bits per heavy atom. The summed E-state index contributed by atoms with van der Waals surface area (Å²) in [5.74, 6) is -2.01. The molecule has 1 aromatic heterocycles. The van der Waals surface area contributed by atoms with Gasteiger partial charge in [-0.15, -0.1) is 5.10 Å². The molecule has 0 aliphatic carbocycles. The average Bonchev–Trinajstić information content (AvgIpc) is 2.36. The van der Waals surface area contributed by atoms with E-state index in [2.05, 4.69) is 15.2 Å². The third kappa shape index (κ3) is 2.82. The molecule has 1 N–H and O–H groups in total. The highest BCUT2D eigenvalue weighted by atomic mass is 19.1. The summed E-state index contributed by atoms with van der Waals surface area (Å²) in [6, 6.07) is 3.08. The summed E-state index contributed by atoms with van der Waals surface area (Å²) in [5.41, 5.74) is 0.954. The molecule has 0 spiro atoms. The van der Waals surface area contributed by atoms with Gasteiger partial charge in [0.1, 0.15) is 17.1 Å². The van der Waals surface area contributed by atoms with Crippen LogP contribution in [-0.2, 0) is 0 Å². The summed E-state index contributed by atoms with van der Waals surface area (Å²) >= 11 is 0. The third-order valence-electron chi connectivity index (χ3n) is 2.45. The number of halogens is 1. The number of hydrogen-bond donors (Lipinski definition) is 1. The largest absolute Gasteiger partial charge is 0.478 e. The Labute approximate surface area is 107 Å². The highest BCUT2D eigenvalue weighted by molar-refractivity contribution is 5.90. The van der Waals surface area contributed by atoms with Crippen LogP contribution >= 0.6 is 0 Å². The van der Waals surface area contributed by atoms with Gasteiger partial charge in [0.15, 0.2) is 0 Å². The molecule has 1 aromatic carbocycles. The molecule has 0 atom stereocenters. The smallest absolute Gasteiger partial charge is 0.341 e. The van der Waals surface area contributed by atoms with Crippen molar-refractivity contribution in [2.75, 3.05) is 0 Å². The fourth-order valence-electron chi connectivity index (χ4n) is 1.34. The van der Waals surface area contributed by atoms with E-state index < -0.39 is 11.8 Å². The molecule has 98 valence electrons. The molecule has 0 aliphatic heterocycles. The van der Waals surface area contributed by atoms with E-state index in [1.54, 1.807) is 13.8 Å². The van der Waals surface area contributed by atoms with E-state index in [1.807, 2.05) is 0 Å². The van der Waals surface area contributed by atoms with Crippen LogP contribution in [0.2, 0.25) is 0 Å². The van der Waals surface area contributed by atoms with Crippen molar-refractivity contribution < 1.29 is 19.0 Å². The molecular weight excluding hydrogens is 253 g/mol. The lowest BCUT2D eigenvalue weighted by molar-refractivity contribution is 0.0693. The molecular formula is C12H10FN3O3. The number of aromatic carboxylic acids is 1. The minimum Gasteiger partial charge on any atom is -0.478 e. The van der Waals surface area contributed by atoms with Gasteiger partial charge < -0.3 is 9.84 Å². The highest BCUT2D eigenvalue weighted by Crippen LogP contribution is 2.24. The summed E-state index contributed by atoms with van der Waals surface area (Å²) in [4.78, 5) is 15.0. The van der Waals surface area contributed by atoms with Crippen LogP contribution in [0.4, 0.5) is 4.39 Å². The van der Waals surface area contributed by atoms with Crippen molar-refractivity contribution in [3.8, 4) is 11.8 Å². The number of nitrogens with zero attached hydrogens (tertiary/aromatic N) is 3. The Hall–Kier alpha value is -2.57. The van der Waals surface area contributed by atoms with E-state index in [4.69, 9.17) is 9.84 Å². The Bertz CT molecular complexity index is 646. The van der Waals surface area contributed by atoms with Gasteiger partial charge in [-0.2, -0.15) is 4.98 Å². The number of hydrogen-bond acceptors (Lipinski definition) is 5. The van der Waals surface area contributed by atoms with Crippen LogP contribution in [0.15, 0.2) is 18.2 Å². The molecule has 0 saturated heterocycles. The maximum atomic E-state index is 13.0. The van der Waals surface area contributed by atoms with Gasteiger partial charge in [-0.1, -0.05) is 5.10 Å². The van der Waals surface area contributed by atoms with Crippen molar-refractivity contribution in [1.29, 1.82) is 0 Å². The lowest BCUT2D eigenvalue weighted by atomic mass is 10.2. The number of aromatic nitrogens is 3. The van der Waals surface area contributed by atoms with Crippen LogP contribution in [0.3, 0.4) is 0 Å². The van der Waals surface area contributed by atoms with E-state index in [1.165, 1.54) is 6.07 Å². The lowest BCUT2D eigenvalue weighted by Crippen LogP contribution is -2.04. The molecule has 0 aliphatic rings. The standard InChI is InChI=1S/C12H10FN3O3/c1-6-7(2)15-16-12(14-6)19-10-4-3-8(13)5-9(10)11(17)18/h3-5H,1-2H3,(H,17,18). The zero-order valence-corrected chi connectivity index (χ0v) is 10.2. The van der Waals surface area contributed by atoms with Gasteiger partial charge in [0.25, 0.3) is 0 Å². The van der Waals surface area contributed by atoms with Crippen molar-refractivity contribution in [3.05, 3.63) is 41.0 Å². The van der Waals surface area contributed by atoms with E-state index >= 15 is 0 Å². The van der Waals surface area contributed by atoms with Crippen molar-refractivity contribution in [1.82, 2.24) is 15.2 Å². The Morgan fingerprint density at radius 2 is 2.00 bits per heavy atom. The molecule has 6 nitrogen and oxygen atoms in total. The fourth-order valence-corrected chi connectivity index (χ4v) is 1.34. The fraction of sp³-hybridized carbons (Fsp3) is 0.167. The summed E-state index contributed by atoms with van der Waals surface area (Å²) in [5, 5.41) is 16.5. The number of benzene rings is 1. The number of carboxylic acid groups (broad SMARTS) is 1. The van der Waals surface area contributed by atoms with Crippen LogP contribution in [0.25, 0.3) is 0 Å². The first-order chi connectivity index (χ1) is 8.97. The second-order valence-electron chi connectivity index (χ2n) is 3.81. The van der Waals surface area contributed by atoms with Gasteiger partial charge in [0, 0.05) is 0 Å². The average molecular weight is 263 g/mol. The minimum absolute atomic E-state index is 0.0426. The van der Waals surface area contributed by atoms with Crippen molar-refractivity contribution in [3.63, 3.8) is 0 Å². The van der Waals surface area contributed by atoms with Crippen molar-refractivity contribution in [2.45, 2.75) is 13.8 Å². The van der Waals surface area contributed by atoms with Crippen LogP contribution in [0.5, 0.6) is 11.8 Å². The topological polar surface area (TPSA) is 85.2 Å². The Balaban J connectivity index is 2.37. The zero-order valence-electron chi connectivity index (χ0n) is 10.2. The first kappa shape index (κ1) is 12.9. The van der Waals surface area contributed by atoms with E-state index in [9.17, 15) is 9.18 Å². The molecule has 0 unspecified atom stereocenters. The van der Waals surface area contributed by atoms with Gasteiger partial charge in [-0.3, -0.25) is 0 Å². The van der Waals surface area contributed by atoms with Gasteiger partial charge >= 0.3 is 12.0 Å². The van der Waals surface area contributed by atoms with Crippen LogP contribution in [0.1, 0.15) is 21.7 Å². The second kappa shape index (κ2) is 4.97. The maximum Gasteiger partial charge on any atom is 0.341 e. The number of rotatable bonds is 3. The zero-order chi connectivity index (χ0) is 14.0. The molecule has 0 radical (unpaired) electrons. The molecule has 2 rings (SSSR count). The van der Waals surface area contributed by atoms with E-state index in [0.717, 1.165) is 12.1 Å². The lowest BCUT2D eigenvalue weighted by Gasteiger charge is -2.07. The second-order valence-corrected chi connectivity index (χ2v) is 3.81. The molecule has 19 heavy (non-hydrogen) atoms. The first-order valence-electron chi connectivity index (χ1n) is 5.36. The highest BCUT2D eigenvalue weighted by Gasteiger charge is 2.15. The maximum absolute atomic E-state index is 13.0. The minimum atomic E-state index is -1.30. The predicted octanol–water partition coefficient (Wildman–Crippen LogP) is 2.12. The van der Waals surface area contributed by atoms with Crippen molar-refractivity contribution in [2.24, 2.45) is 0 Å². The SMILES string of the molecule is Cc1nnc(Oc2ccc(F)cc2C(=O)O)nc1C. The molecule has 0 saturated carbocycles. The summed E-state index contributed by atoms with van der Waals surface area (Å²) in [7, 11) is 0. The number of ether oxygens (including phenoxy) is 1. The summed E-state index contributed by atoms with van der Waals surface area (Å²) in [6.07, 6.45) is 0.